The highest BCUT2D eigenvalue weighted by atomic mass is 79.9. The fourth-order valence-corrected chi connectivity index (χ4v) is 2.46. The van der Waals surface area contributed by atoms with Gasteiger partial charge in [0.1, 0.15) is 5.75 Å². The Morgan fingerprint density at radius 2 is 1.90 bits per heavy atom. The molecule has 2 aromatic carbocycles. The molecule has 2 aromatic rings. The summed E-state index contributed by atoms with van der Waals surface area (Å²) >= 11 is 3.38. The third-order valence-corrected chi connectivity index (χ3v) is 3.92. The molecule has 0 aliphatic carbocycles. The zero-order valence-corrected chi connectivity index (χ0v) is 13.7. The van der Waals surface area contributed by atoms with Gasteiger partial charge in [-0.3, -0.25) is 4.79 Å². The second kappa shape index (κ2) is 6.18. The Kier molecular flexibility index (Phi) is 4.53. The number of nitrogens with one attached hydrogen (secondary N) is 1. The molecule has 0 unspecified atom stereocenters. The molecule has 0 heterocycles. The number of carbonyl (C=O) groups is 1. The molecule has 21 heavy (non-hydrogen) atoms. The second-order valence-corrected chi connectivity index (χ2v) is 5.68. The van der Waals surface area contributed by atoms with Gasteiger partial charge in [0.05, 0.1) is 11.6 Å². The Morgan fingerprint density at radius 1 is 1.19 bits per heavy atom. The highest BCUT2D eigenvalue weighted by Crippen LogP contribution is 2.28. The number of nitrogen functional groups attached to an aromatic ring is 1. The molecule has 4 nitrogen and oxygen atoms in total. The molecule has 0 fully saturated rings. The maximum absolute atomic E-state index is 12.4. The number of aryl methyl sites for hydroxylation is 2. The Balaban J connectivity index is 2.28. The predicted octanol–water partition coefficient (Wildman–Crippen LogP) is 3.91. The van der Waals surface area contributed by atoms with Crippen molar-refractivity contribution in [2.75, 3.05) is 18.2 Å². The van der Waals surface area contributed by atoms with Gasteiger partial charge in [-0.25, -0.2) is 0 Å². The molecular formula is C16H17BrN2O2. The molecule has 5 heteroatoms. The minimum absolute atomic E-state index is 0.191. The summed E-state index contributed by atoms with van der Waals surface area (Å²) < 4.78 is 6.05. The summed E-state index contributed by atoms with van der Waals surface area (Å²) in [4.78, 5) is 12.4. The van der Waals surface area contributed by atoms with Gasteiger partial charge in [0.2, 0.25) is 0 Å². The molecule has 0 saturated carbocycles. The summed E-state index contributed by atoms with van der Waals surface area (Å²) in [5.41, 5.74) is 9.58. The van der Waals surface area contributed by atoms with Crippen LogP contribution in [0, 0.1) is 13.8 Å². The van der Waals surface area contributed by atoms with Crippen LogP contribution < -0.4 is 15.8 Å². The SMILES string of the molecule is COc1cc(NC(=O)c2cc(N)c(C)cc2C)ccc1Br. The van der Waals surface area contributed by atoms with Crippen LogP contribution in [0.5, 0.6) is 5.75 Å². The lowest BCUT2D eigenvalue weighted by atomic mass is 10.0. The van der Waals surface area contributed by atoms with Gasteiger partial charge in [-0.2, -0.15) is 0 Å². The number of carbonyl (C=O) groups excluding carboxylic acids is 1. The molecule has 2 rings (SSSR count). The first kappa shape index (κ1) is 15.4. The van der Waals surface area contributed by atoms with E-state index in [-0.39, 0.29) is 5.91 Å². The van der Waals surface area contributed by atoms with E-state index in [9.17, 15) is 4.79 Å². The molecule has 0 spiro atoms. The summed E-state index contributed by atoms with van der Waals surface area (Å²) in [6, 6.07) is 9.00. The third kappa shape index (κ3) is 3.36. The number of hydrogen-bond donors (Lipinski definition) is 2. The van der Waals surface area contributed by atoms with E-state index in [0.29, 0.717) is 22.7 Å². The van der Waals surface area contributed by atoms with E-state index in [4.69, 9.17) is 10.5 Å². The molecular weight excluding hydrogens is 332 g/mol. The number of nitrogens with two attached hydrogens (primary N) is 1. The van der Waals surface area contributed by atoms with Gasteiger partial charge in [-0.15, -0.1) is 0 Å². The Labute approximate surface area is 132 Å². The van der Waals surface area contributed by atoms with E-state index in [1.165, 1.54) is 0 Å². The summed E-state index contributed by atoms with van der Waals surface area (Å²) in [6.07, 6.45) is 0. The number of amides is 1. The number of methoxy groups -OCH3 is 1. The normalized spacial score (nSPS) is 10.3. The lowest BCUT2D eigenvalue weighted by Gasteiger charge is -2.11. The average molecular weight is 349 g/mol. The van der Waals surface area contributed by atoms with Crippen molar-refractivity contribution in [3.8, 4) is 5.75 Å². The van der Waals surface area contributed by atoms with Crippen LogP contribution >= 0.6 is 15.9 Å². The van der Waals surface area contributed by atoms with Crippen molar-refractivity contribution in [2.45, 2.75) is 13.8 Å². The number of ether oxygens (including phenoxy) is 1. The molecule has 0 atom stereocenters. The van der Waals surface area contributed by atoms with Crippen molar-refractivity contribution in [1.29, 1.82) is 0 Å². The van der Waals surface area contributed by atoms with Gasteiger partial charge in [0, 0.05) is 23.0 Å². The topological polar surface area (TPSA) is 64.3 Å². The Hall–Kier alpha value is -2.01. The summed E-state index contributed by atoms with van der Waals surface area (Å²) in [5.74, 6) is 0.469. The molecule has 0 aliphatic heterocycles. The van der Waals surface area contributed by atoms with E-state index < -0.39 is 0 Å². The standard InChI is InChI=1S/C16H17BrN2O2/c1-9-6-10(2)14(18)8-12(9)16(20)19-11-4-5-13(17)15(7-11)21-3/h4-8H,18H2,1-3H3,(H,19,20). The number of anilines is 2. The van der Waals surface area contributed by atoms with Crippen LogP contribution in [0.3, 0.4) is 0 Å². The van der Waals surface area contributed by atoms with E-state index in [1.807, 2.05) is 26.0 Å². The van der Waals surface area contributed by atoms with E-state index in [2.05, 4.69) is 21.2 Å². The van der Waals surface area contributed by atoms with Crippen LogP contribution in [0.25, 0.3) is 0 Å². The van der Waals surface area contributed by atoms with Crippen molar-refractivity contribution >= 4 is 33.2 Å². The van der Waals surface area contributed by atoms with Crippen LogP contribution in [-0.2, 0) is 0 Å². The van der Waals surface area contributed by atoms with Gasteiger partial charge in [0.25, 0.3) is 5.91 Å². The monoisotopic (exact) mass is 348 g/mol. The van der Waals surface area contributed by atoms with Crippen molar-refractivity contribution in [2.24, 2.45) is 0 Å². The van der Waals surface area contributed by atoms with Crippen molar-refractivity contribution in [3.05, 3.63) is 51.5 Å². The number of hydrogen-bond acceptors (Lipinski definition) is 3. The second-order valence-electron chi connectivity index (χ2n) is 4.83. The van der Waals surface area contributed by atoms with Crippen LogP contribution in [-0.4, -0.2) is 13.0 Å². The van der Waals surface area contributed by atoms with Gasteiger partial charge in [-0.1, -0.05) is 6.07 Å². The fourth-order valence-electron chi connectivity index (χ4n) is 2.05. The van der Waals surface area contributed by atoms with E-state index >= 15 is 0 Å². The Bertz CT molecular complexity index is 699. The lowest BCUT2D eigenvalue weighted by Crippen LogP contribution is -2.14. The Morgan fingerprint density at radius 3 is 2.57 bits per heavy atom. The predicted molar refractivity (Wildman–Crippen MR) is 89.0 cm³/mol. The molecule has 110 valence electrons. The number of benzene rings is 2. The first-order valence-electron chi connectivity index (χ1n) is 6.44. The minimum atomic E-state index is -0.191. The maximum Gasteiger partial charge on any atom is 0.256 e. The van der Waals surface area contributed by atoms with Crippen LogP contribution in [0.4, 0.5) is 11.4 Å². The molecule has 0 aliphatic rings. The first-order chi connectivity index (χ1) is 9.92. The zero-order chi connectivity index (χ0) is 15.6. The average Bonchev–Trinajstić information content (AvgIpc) is 2.44. The van der Waals surface area contributed by atoms with Gasteiger partial charge in [-0.05, 0) is 59.1 Å². The largest absolute Gasteiger partial charge is 0.495 e. The van der Waals surface area contributed by atoms with Gasteiger partial charge in [0.15, 0.2) is 0 Å². The molecule has 0 aromatic heterocycles. The first-order valence-corrected chi connectivity index (χ1v) is 7.23. The van der Waals surface area contributed by atoms with E-state index in [1.54, 1.807) is 25.3 Å². The molecule has 0 radical (unpaired) electrons. The van der Waals surface area contributed by atoms with Crippen molar-refractivity contribution in [3.63, 3.8) is 0 Å². The number of halogens is 1. The van der Waals surface area contributed by atoms with Gasteiger partial charge >= 0.3 is 0 Å². The molecule has 0 bridgehead atoms. The van der Waals surface area contributed by atoms with Crippen LogP contribution in [0.1, 0.15) is 21.5 Å². The van der Waals surface area contributed by atoms with Crippen LogP contribution in [0.15, 0.2) is 34.8 Å². The molecule has 1 amide bonds. The third-order valence-electron chi connectivity index (χ3n) is 3.27. The fraction of sp³-hybridized carbons (Fsp3) is 0.188. The quantitative estimate of drug-likeness (QED) is 0.826. The highest BCUT2D eigenvalue weighted by Gasteiger charge is 2.12. The smallest absolute Gasteiger partial charge is 0.256 e. The molecule has 0 saturated heterocycles. The van der Waals surface area contributed by atoms with Crippen molar-refractivity contribution in [1.82, 2.24) is 0 Å². The summed E-state index contributed by atoms with van der Waals surface area (Å²) in [7, 11) is 1.58. The summed E-state index contributed by atoms with van der Waals surface area (Å²) in [6.45, 7) is 3.81. The van der Waals surface area contributed by atoms with Crippen molar-refractivity contribution < 1.29 is 9.53 Å². The van der Waals surface area contributed by atoms with E-state index in [0.717, 1.165) is 15.6 Å². The summed E-state index contributed by atoms with van der Waals surface area (Å²) in [5, 5.41) is 2.85. The molecule has 3 N–H and O–H groups in total. The van der Waals surface area contributed by atoms with Crippen LogP contribution in [0.2, 0.25) is 0 Å². The maximum atomic E-state index is 12.4. The zero-order valence-electron chi connectivity index (χ0n) is 12.2. The lowest BCUT2D eigenvalue weighted by molar-refractivity contribution is 0.102. The van der Waals surface area contributed by atoms with Gasteiger partial charge < -0.3 is 15.8 Å². The minimum Gasteiger partial charge on any atom is -0.495 e. The highest BCUT2D eigenvalue weighted by molar-refractivity contribution is 9.10. The number of rotatable bonds is 3.